The molecule has 0 saturated heterocycles. The topological polar surface area (TPSA) is 46.2 Å². The Morgan fingerprint density at radius 1 is 1.50 bits per heavy atom. The highest BCUT2D eigenvalue weighted by atomic mass is 79.9. The van der Waals surface area contributed by atoms with Crippen molar-refractivity contribution in [1.29, 1.82) is 0 Å². The zero-order valence-corrected chi connectivity index (χ0v) is 10.8. The average Bonchev–Trinajstić information content (AvgIpc) is 2.17. The van der Waals surface area contributed by atoms with E-state index in [-0.39, 0.29) is 11.4 Å². The molecule has 0 unspecified atom stereocenters. The molecule has 88 valence electrons. The largest absolute Gasteiger partial charge is 0.243 e. The molecule has 6 heteroatoms. The summed E-state index contributed by atoms with van der Waals surface area (Å²) in [5.41, 5.74) is 0. The second kappa shape index (κ2) is 5.56. The monoisotopic (exact) mass is 307 g/mol. The fourth-order valence-corrected chi connectivity index (χ4v) is 2.50. The molecule has 0 aliphatic carbocycles. The molecule has 0 bridgehead atoms. The standard InChI is InChI=1S/C10H11BrFNO2S/c1-2-3-6-13-16(14,15)10-5-4-8(11)7-9(10)12/h2,4-5,7,13H,1,3,6H2. The van der Waals surface area contributed by atoms with Gasteiger partial charge in [0.2, 0.25) is 10.0 Å². The van der Waals surface area contributed by atoms with Gasteiger partial charge in [0.25, 0.3) is 0 Å². The van der Waals surface area contributed by atoms with Crippen LogP contribution >= 0.6 is 15.9 Å². The Labute approximate surface area is 103 Å². The summed E-state index contributed by atoms with van der Waals surface area (Å²) < 4.78 is 39.4. The summed E-state index contributed by atoms with van der Waals surface area (Å²) in [4.78, 5) is -0.347. The van der Waals surface area contributed by atoms with Gasteiger partial charge in [-0.2, -0.15) is 0 Å². The summed E-state index contributed by atoms with van der Waals surface area (Å²) in [6.07, 6.45) is 2.08. The van der Waals surface area contributed by atoms with Crippen LogP contribution in [-0.2, 0) is 10.0 Å². The highest BCUT2D eigenvalue weighted by molar-refractivity contribution is 9.10. The SMILES string of the molecule is C=CCCNS(=O)(=O)c1ccc(Br)cc1F. The molecule has 0 saturated carbocycles. The first-order valence-electron chi connectivity index (χ1n) is 4.53. The van der Waals surface area contributed by atoms with Crippen molar-refractivity contribution in [2.75, 3.05) is 6.54 Å². The van der Waals surface area contributed by atoms with E-state index in [9.17, 15) is 12.8 Å². The van der Waals surface area contributed by atoms with Crippen LogP contribution < -0.4 is 4.72 Å². The van der Waals surface area contributed by atoms with Crippen molar-refractivity contribution in [3.63, 3.8) is 0 Å². The van der Waals surface area contributed by atoms with E-state index < -0.39 is 15.8 Å². The molecule has 0 aliphatic heterocycles. The van der Waals surface area contributed by atoms with E-state index in [2.05, 4.69) is 27.2 Å². The van der Waals surface area contributed by atoms with Crippen molar-refractivity contribution in [1.82, 2.24) is 4.72 Å². The molecule has 1 aromatic rings. The molecule has 0 fully saturated rings. The van der Waals surface area contributed by atoms with Crippen LogP contribution in [0.1, 0.15) is 6.42 Å². The van der Waals surface area contributed by atoms with Crippen molar-refractivity contribution in [2.24, 2.45) is 0 Å². The van der Waals surface area contributed by atoms with Gasteiger partial charge in [0.05, 0.1) is 0 Å². The third-order valence-electron chi connectivity index (χ3n) is 1.82. The van der Waals surface area contributed by atoms with Crippen molar-refractivity contribution >= 4 is 26.0 Å². The zero-order valence-electron chi connectivity index (χ0n) is 8.41. The Bertz CT molecular complexity index is 488. The Morgan fingerprint density at radius 3 is 2.75 bits per heavy atom. The highest BCUT2D eigenvalue weighted by Gasteiger charge is 2.17. The predicted octanol–water partition coefficient (Wildman–Crippen LogP) is 2.44. The normalized spacial score (nSPS) is 11.4. The van der Waals surface area contributed by atoms with Crippen molar-refractivity contribution in [2.45, 2.75) is 11.3 Å². The molecular formula is C10H11BrFNO2S. The number of hydrogen-bond donors (Lipinski definition) is 1. The maximum Gasteiger partial charge on any atom is 0.243 e. The summed E-state index contributed by atoms with van der Waals surface area (Å²) >= 11 is 3.06. The molecule has 0 spiro atoms. The van der Waals surface area contributed by atoms with Gasteiger partial charge in [-0.05, 0) is 24.6 Å². The molecule has 3 nitrogen and oxygen atoms in total. The Balaban J connectivity index is 2.94. The van der Waals surface area contributed by atoms with Crippen molar-refractivity contribution in [3.05, 3.63) is 41.1 Å². The van der Waals surface area contributed by atoms with Gasteiger partial charge in [-0.15, -0.1) is 6.58 Å². The van der Waals surface area contributed by atoms with Crippen LogP contribution in [0.2, 0.25) is 0 Å². The molecule has 1 rings (SSSR count). The Morgan fingerprint density at radius 2 is 2.19 bits per heavy atom. The third-order valence-corrected chi connectivity index (χ3v) is 3.81. The lowest BCUT2D eigenvalue weighted by Crippen LogP contribution is -2.25. The fourth-order valence-electron chi connectivity index (χ4n) is 1.07. The molecular weight excluding hydrogens is 297 g/mol. The van der Waals surface area contributed by atoms with Gasteiger partial charge in [-0.25, -0.2) is 17.5 Å². The van der Waals surface area contributed by atoms with Crippen LogP contribution in [0.5, 0.6) is 0 Å². The molecule has 1 aromatic carbocycles. The summed E-state index contributed by atoms with van der Waals surface area (Å²) in [7, 11) is -3.77. The lowest BCUT2D eigenvalue weighted by atomic mass is 10.3. The molecule has 0 heterocycles. The van der Waals surface area contributed by atoms with E-state index in [1.54, 1.807) is 6.08 Å². The lowest BCUT2D eigenvalue weighted by Gasteiger charge is -2.06. The highest BCUT2D eigenvalue weighted by Crippen LogP contribution is 2.19. The molecule has 0 atom stereocenters. The zero-order chi connectivity index (χ0) is 12.2. The summed E-state index contributed by atoms with van der Waals surface area (Å²) in [5.74, 6) is -0.777. The van der Waals surface area contributed by atoms with E-state index in [0.29, 0.717) is 10.9 Å². The van der Waals surface area contributed by atoms with Gasteiger partial charge < -0.3 is 0 Å². The van der Waals surface area contributed by atoms with E-state index in [0.717, 1.165) is 6.07 Å². The molecule has 0 aromatic heterocycles. The van der Waals surface area contributed by atoms with Crippen LogP contribution in [0.3, 0.4) is 0 Å². The minimum absolute atomic E-state index is 0.210. The van der Waals surface area contributed by atoms with Crippen LogP contribution in [0.25, 0.3) is 0 Å². The first kappa shape index (κ1) is 13.3. The van der Waals surface area contributed by atoms with Crippen LogP contribution in [0.4, 0.5) is 4.39 Å². The van der Waals surface area contributed by atoms with Gasteiger partial charge in [0.15, 0.2) is 0 Å². The fraction of sp³-hybridized carbons (Fsp3) is 0.200. The van der Waals surface area contributed by atoms with Gasteiger partial charge >= 0.3 is 0 Å². The first-order chi connectivity index (χ1) is 7.47. The Kier molecular flexibility index (Phi) is 4.64. The average molecular weight is 308 g/mol. The maximum atomic E-state index is 13.4. The van der Waals surface area contributed by atoms with E-state index in [1.807, 2.05) is 0 Å². The second-order valence-electron chi connectivity index (χ2n) is 3.05. The molecule has 1 N–H and O–H groups in total. The van der Waals surface area contributed by atoms with Crippen molar-refractivity contribution in [3.8, 4) is 0 Å². The molecule has 0 radical (unpaired) electrons. The molecule has 0 aliphatic rings. The summed E-state index contributed by atoms with van der Waals surface area (Å²) in [6, 6.07) is 3.81. The van der Waals surface area contributed by atoms with Gasteiger partial charge in [-0.3, -0.25) is 0 Å². The number of nitrogens with one attached hydrogen (secondary N) is 1. The maximum absolute atomic E-state index is 13.4. The smallest absolute Gasteiger partial charge is 0.211 e. The minimum atomic E-state index is -3.77. The Hall–Kier alpha value is -0.720. The van der Waals surface area contributed by atoms with Crippen LogP contribution in [0, 0.1) is 5.82 Å². The van der Waals surface area contributed by atoms with Crippen LogP contribution in [0.15, 0.2) is 40.2 Å². The van der Waals surface area contributed by atoms with E-state index >= 15 is 0 Å². The minimum Gasteiger partial charge on any atom is -0.211 e. The summed E-state index contributed by atoms with van der Waals surface area (Å²) in [5, 5.41) is 0. The number of rotatable bonds is 5. The number of benzene rings is 1. The number of hydrogen-bond acceptors (Lipinski definition) is 2. The number of halogens is 2. The predicted molar refractivity (Wildman–Crippen MR) is 64.1 cm³/mol. The number of sulfonamides is 1. The van der Waals surface area contributed by atoms with Crippen molar-refractivity contribution < 1.29 is 12.8 Å². The molecule has 16 heavy (non-hydrogen) atoms. The van der Waals surface area contributed by atoms with Gasteiger partial charge in [0, 0.05) is 11.0 Å². The van der Waals surface area contributed by atoms with E-state index in [1.165, 1.54) is 12.1 Å². The van der Waals surface area contributed by atoms with E-state index in [4.69, 9.17) is 0 Å². The van der Waals surface area contributed by atoms with Gasteiger partial charge in [0.1, 0.15) is 10.7 Å². The van der Waals surface area contributed by atoms with Crippen LogP contribution in [-0.4, -0.2) is 15.0 Å². The van der Waals surface area contributed by atoms with Gasteiger partial charge in [-0.1, -0.05) is 22.0 Å². The first-order valence-corrected chi connectivity index (χ1v) is 6.80. The quantitative estimate of drug-likeness (QED) is 0.671. The lowest BCUT2D eigenvalue weighted by molar-refractivity contribution is 0.557. The molecule has 0 amide bonds. The second-order valence-corrected chi connectivity index (χ2v) is 5.70. The third kappa shape index (κ3) is 3.40. The summed E-state index contributed by atoms with van der Waals surface area (Å²) in [6.45, 7) is 3.68.